The van der Waals surface area contributed by atoms with Gasteiger partial charge in [0, 0.05) is 12.8 Å². The van der Waals surface area contributed by atoms with Gasteiger partial charge in [0.25, 0.3) is 0 Å². The Morgan fingerprint density at radius 1 is 0.632 bits per heavy atom. The number of phosphoric acid groups is 1. The number of ether oxygens (including phenoxy) is 2. The van der Waals surface area contributed by atoms with Gasteiger partial charge < -0.3 is 30.3 Å². The van der Waals surface area contributed by atoms with E-state index in [0.29, 0.717) is 25.7 Å². The second-order valence-electron chi connectivity index (χ2n) is 12.8. The van der Waals surface area contributed by atoms with Crippen LogP contribution in [0.2, 0.25) is 0 Å². The Morgan fingerprint density at radius 3 is 1.67 bits per heavy atom. The third-order valence-electron chi connectivity index (χ3n) is 7.67. The van der Waals surface area contributed by atoms with E-state index in [1.165, 1.54) is 0 Å². The molecule has 0 aliphatic rings. The number of hydrogen-bond acceptors (Lipinski definition) is 10. The zero-order chi connectivity index (χ0) is 42.2. The van der Waals surface area contributed by atoms with Gasteiger partial charge in [-0.2, -0.15) is 0 Å². The van der Waals surface area contributed by atoms with Crippen molar-refractivity contribution >= 4 is 25.7 Å². The molecule has 0 spiro atoms. The number of carboxylic acids is 1. The number of hydrogen-bond donors (Lipinski definition) is 4. The van der Waals surface area contributed by atoms with Gasteiger partial charge >= 0.3 is 25.7 Å². The Bertz CT molecular complexity index is 1390. The van der Waals surface area contributed by atoms with Gasteiger partial charge in [-0.05, 0) is 83.5 Å². The third kappa shape index (κ3) is 37.4. The Balaban J connectivity index is 4.63. The number of aliphatic carboxylic acids is 1. The van der Waals surface area contributed by atoms with E-state index in [2.05, 4.69) is 84.4 Å². The van der Waals surface area contributed by atoms with E-state index in [0.717, 1.165) is 57.8 Å². The van der Waals surface area contributed by atoms with Gasteiger partial charge in [-0.15, -0.1) is 0 Å². The molecule has 12 nitrogen and oxygen atoms in total. The summed E-state index contributed by atoms with van der Waals surface area (Å²) in [7, 11) is -4.76. The standard InChI is InChI=1S/C44H68NO11P/c1-3-5-6-7-8-9-10-11-12-16-19-22-25-28-31-34-42(47)53-36-40(37-54-57(51,52)55-38-41(45)44(49)50)56-43(48)35-32-29-26-23-20-17-14-13-15-18-21-24-27-30-33-39(46)4-2/h5-6,8-9,11-12,14-15,17-19,22-24,26-27,30,33,39-41,46H,3-4,7,10,13,16,20-21,25,28-29,31-32,34-38,45H2,1-2H3,(H,49,50)(H,51,52)/b6-5-,9-8-,12-11-,17-14-,18-15-,22-19-,26-23-,27-24-,33-30+/t39-,40-,41+/m1/s1. The van der Waals surface area contributed by atoms with Gasteiger partial charge in [0.15, 0.2) is 6.10 Å². The normalized spacial score (nSPS) is 15.5. The quantitative estimate of drug-likeness (QED) is 0.0156. The van der Waals surface area contributed by atoms with Crippen LogP contribution in [-0.2, 0) is 37.5 Å². The molecule has 0 rings (SSSR count). The van der Waals surface area contributed by atoms with Gasteiger partial charge in [-0.25, -0.2) is 4.57 Å². The second kappa shape index (κ2) is 37.7. The number of carboxylic acid groups (broad SMARTS) is 1. The molecule has 4 atom stereocenters. The number of esters is 2. The SMILES string of the molecule is CC/C=C\C/C=C\C/C=C\C/C=C\CCCCC(=O)OC[C@H](COP(=O)(O)OC[C@H](N)C(=O)O)OC(=O)CCC/C=C\C/C=C\C/C=C\C/C=C\C=C\[C@H](O)CC. The Kier molecular flexibility index (Phi) is 35.1. The minimum absolute atomic E-state index is 0.0525. The van der Waals surface area contributed by atoms with Crippen molar-refractivity contribution in [1.29, 1.82) is 0 Å². The number of aliphatic hydroxyl groups is 1. The molecule has 0 aromatic carbocycles. The van der Waals surface area contributed by atoms with E-state index >= 15 is 0 Å². The minimum atomic E-state index is -4.76. The van der Waals surface area contributed by atoms with Crippen LogP contribution in [0.15, 0.2) is 109 Å². The fourth-order valence-corrected chi connectivity index (χ4v) is 5.17. The molecule has 1 unspecified atom stereocenters. The van der Waals surface area contributed by atoms with Crippen molar-refractivity contribution in [3.05, 3.63) is 109 Å². The van der Waals surface area contributed by atoms with Crippen LogP contribution in [0.25, 0.3) is 0 Å². The molecule has 0 amide bonds. The average molecular weight is 818 g/mol. The third-order valence-corrected chi connectivity index (χ3v) is 8.62. The van der Waals surface area contributed by atoms with E-state index in [1.54, 1.807) is 6.08 Å². The lowest BCUT2D eigenvalue weighted by molar-refractivity contribution is -0.161. The van der Waals surface area contributed by atoms with Gasteiger partial charge in [0.1, 0.15) is 12.6 Å². The molecule has 0 bridgehead atoms. The number of unbranched alkanes of at least 4 members (excludes halogenated alkanes) is 3. The zero-order valence-electron chi connectivity index (χ0n) is 34.0. The Labute approximate surface area is 340 Å². The van der Waals surface area contributed by atoms with Crippen molar-refractivity contribution in [3.8, 4) is 0 Å². The van der Waals surface area contributed by atoms with Crippen molar-refractivity contribution in [3.63, 3.8) is 0 Å². The molecule has 57 heavy (non-hydrogen) atoms. The van der Waals surface area contributed by atoms with Crippen molar-refractivity contribution in [2.45, 2.75) is 128 Å². The van der Waals surface area contributed by atoms with E-state index < -0.39 is 63.8 Å². The second-order valence-corrected chi connectivity index (χ2v) is 14.3. The summed E-state index contributed by atoms with van der Waals surface area (Å²) in [6.45, 7) is 2.21. The van der Waals surface area contributed by atoms with E-state index in [4.69, 9.17) is 24.8 Å². The maximum Gasteiger partial charge on any atom is 0.472 e. The summed E-state index contributed by atoms with van der Waals surface area (Å²) in [5.74, 6) is -2.55. The van der Waals surface area contributed by atoms with Crippen molar-refractivity contribution in [2.75, 3.05) is 19.8 Å². The fraction of sp³-hybridized carbons (Fsp3) is 0.523. The maximum atomic E-state index is 12.6. The van der Waals surface area contributed by atoms with Crippen LogP contribution in [0.4, 0.5) is 0 Å². The molecule has 0 fully saturated rings. The average Bonchev–Trinajstić information content (AvgIpc) is 3.19. The molecular weight excluding hydrogens is 749 g/mol. The highest BCUT2D eigenvalue weighted by Gasteiger charge is 2.28. The minimum Gasteiger partial charge on any atom is -0.480 e. The van der Waals surface area contributed by atoms with E-state index in [1.807, 2.05) is 37.3 Å². The molecule has 0 radical (unpaired) electrons. The smallest absolute Gasteiger partial charge is 0.472 e. The van der Waals surface area contributed by atoms with Crippen LogP contribution in [0, 0.1) is 0 Å². The first-order valence-electron chi connectivity index (χ1n) is 20.0. The summed E-state index contributed by atoms with van der Waals surface area (Å²) >= 11 is 0. The Hall–Kier alpha value is -3.90. The lowest BCUT2D eigenvalue weighted by Crippen LogP contribution is -2.34. The molecule has 0 aliphatic carbocycles. The highest BCUT2D eigenvalue weighted by molar-refractivity contribution is 7.47. The number of carbonyl (C=O) groups is 3. The Morgan fingerprint density at radius 2 is 1.12 bits per heavy atom. The molecule has 0 saturated carbocycles. The summed E-state index contributed by atoms with van der Waals surface area (Å²) in [6.07, 6.45) is 45.5. The molecule has 0 aliphatic heterocycles. The van der Waals surface area contributed by atoms with Gasteiger partial charge in [0.05, 0.1) is 19.3 Å². The van der Waals surface area contributed by atoms with E-state index in [-0.39, 0.29) is 12.8 Å². The van der Waals surface area contributed by atoms with Gasteiger partial charge in [-0.3, -0.25) is 23.4 Å². The predicted octanol–water partition coefficient (Wildman–Crippen LogP) is 9.24. The highest BCUT2D eigenvalue weighted by atomic mass is 31.2. The molecule has 0 aromatic heterocycles. The fourth-order valence-electron chi connectivity index (χ4n) is 4.39. The number of nitrogens with two attached hydrogens (primary N) is 1. The van der Waals surface area contributed by atoms with Crippen molar-refractivity contribution in [2.24, 2.45) is 5.73 Å². The summed E-state index contributed by atoms with van der Waals surface area (Å²) < 4.78 is 32.5. The summed E-state index contributed by atoms with van der Waals surface area (Å²) in [5.41, 5.74) is 5.31. The van der Waals surface area contributed by atoms with Crippen LogP contribution in [0.1, 0.15) is 110 Å². The highest BCUT2D eigenvalue weighted by Crippen LogP contribution is 2.43. The first-order chi connectivity index (χ1) is 27.5. The monoisotopic (exact) mass is 817 g/mol. The van der Waals surface area contributed by atoms with Crippen LogP contribution >= 0.6 is 7.82 Å². The van der Waals surface area contributed by atoms with Crippen LogP contribution in [0.5, 0.6) is 0 Å². The lowest BCUT2D eigenvalue weighted by atomic mass is 10.2. The molecule has 0 heterocycles. The lowest BCUT2D eigenvalue weighted by Gasteiger charge is -2.20. The first-order valence-corrected chi connectivity index (χ1v) is 21.5. The summed E-state index contributed by atoms with van der Waals surface area (Å²) in [4.78, 5) is 45.8. The summed E-state index contributed by atoms with van der Waals surface area (Å²) in [6, 6.07) is -1.55. The summed E-state index contributed by atoms with van der Waals surface area (Å²) in [5, 5.41) is 18.3. The van der Waals surface area contributed by atoms with Gasteiger partial charge in [0.2, 0.25) is 0 Å². The van der Waals surface area contributed by atoms with Crippen molar-refractivity contribution < 1.29 is 52.6 Å². The molecule has 13 heteroatoms. The van der Waals surface area contributed by atoms with Crippen LogP contribution in [-0.4, -0.2) is 71.1 Å². The largest absolute Gasteiger partial charge is 0.480 e. The predicted molar refractivity (Wildman–Crippen MR) is 227 cm³/mol. The van der Waals surface area contributed by atoms with Gasteiger partial charge in [-0.1, -0.05) is 123 Å². The molecule has 320 valence electrons. The molecular formula is C44H68NO11P. The number of aliphatic hydroxyl groups excluding tert-OH is 1. The van der Waals surface area contributed by atoms with E-state index in [9.17, 15) is 28.9 Å². The van der Waals surface area contributed by atoms with Crippen molar-refractivity contribution in [1.82, 2.24) is 0 Å². The molecule has 0 aromatic rings. The first kappa shape index (κ1) is 53.1. The number of carbonyl (C=O) groups excluding carboxylic acids is 2. The topological polar surface area (TPSA) is 192 Å². The number of allylic oxidation sites excluding steroid dienone is 17. The molecule has 0 saturated heterocycles. The van der Waals surface area contributed by atoms with Crippen LogP contribution < -0.4 is 5.73 Å². The number of phosphoric ester groups is 1. The molecule has 5 N–H and O–H groups in total. The zero-order valence-corrected chi connectivity index (χ0v) is 34.9. The van der Waals surface area contributed by atoms with Crippen LogP contribution in [0.3, 0.4) is 0 Å². The maximum absolute atomic E-state index is 12.6. The number of rotatable bonds is 35.